The van der Waals surface area contributed by atoms with E-state index in [1.807, 2.05) is 7.05 Å². The smallest absolute Gasteiger partial charge is 0.411 e. The Morgan fingerprint density at radius 2 is 1.96 bits per heavy atom. The molecule has 1 aromatic carbocycles. The second-order valence-electron chi connectivity index (χ2n) is 4.97. The molecule has 0 aliphatic heterocycles. The molecule has 0 amide bonds. The van der Waals surface area contributed by atoms with E-state index in [0.717, 1.165) is 0 Å². The van der Waals surface area contributed by atoms with Gasteiger partial charge >= 0.3 is 11.7 Å². The van der Waals surface area contributed by atoms with Gasteiger partial charge in [0, 0.05) is 31.6 Å². The molecule has 3 rings (SSSR count). The lowest BCUT2D eigenvalue weighted by molar-refractivity contribution is -0.635. The maximum atomic E-state index is 12.7. The first-order valence-electron chi connectivity index (χ1n) is 6.99. The standard InChI is InChI=1S/C15H14N4O4S/c1-17-8-7-16-15(17)24-9-12-13(14(20)23-2)19(22)11-6-4-3-5-10(11)18(12)21/h3-8H,9H2,1-2H3. The molecule has 0 bridgehead atoms. The van der Waals surface area contributed by atoms with Crippen molar-refractivity contribution in [1.29, 1.82) is 0 Å². The van der Waals surface area contributed by atoms with Gasteiger partial charge in [0.25, 0.3) is 16.7 Å². The number of nitrogens with zero attached hydrogens (tertiary/aromatic N) is 4. The number of thioether (sulfide) groups is 1. The largest absolute Gasteiger partial charge is 0.618 e. The topological polar surface area (TPSA) is 98.0 Å². The summed E-state index contributed by atoms with van der Waals surface area (Å²) in [5.74, 6) is -0.748. The van der Waals surface area contributed by atoms with E-state index in [1.54, 1.807) is 29.1 Å². The van der Waals surface area contributed by atoms with E-state index in [9.17, 15) is 15.2 Å². The third-order valence-electron chi connectivity index (χ3n) is 3.53. The fourth-order valence-corrected chi connectivity index (χ4v) is 3.25. The fourth-order valence-electron chi connectivity index (χ4n) is 2.34. The molecule has 2 aromatic heterocycles. The number of para-hydroxylation sites is 2. The summed E-state index contributed by atoms with van der Waals surface area (Å²) in [6, 6.07) is 6.30. The summed E-state index contributed by atoms with van der Waals surface area (Å²) in [7, 11) is 2.98. The third kappa shape index (κ3) is 2.62. The molecule has 0 spiro atoms. The van der Waals surface area contributed by atoms with Crippen LogP contribution in [0.15, 0.2) is 41.8 Å². The van der Waals surface area contributed by atoms with Crippen LogP contribution in [0, 0.1) is 10.4 Å². The van der Waals surface area contributed by atoms with Gasteiger partial charge in [-0.3, -0.25) is 0 Å². The Labute approximate surface area is 141 Å². The maximum absolute atomic E-state index is 12.7. The molecule has 8 nitrogen and oxygen atoms in total. The number of esters is 1. The van der Waals surface area contributed by atoms with Crippen LogP contribution in [0.4, 0.5) is 0 Å². The van der Waals surface area contributed by atoms with Crippen molar-refractivity contribution in [3.8, 4) is 0 Å². The Balaban J connectivity index is 2.15. The monoisotopic (exact) mass is 346 g/mol. The normalized spacial score (nSPS) is 10.9. The lowest BCUT2D eigenvalue weighted by atomic mass is 10.2. The Hall–Kier alpha value is -2.81. The lowest BCUT2D eigenvalue weighted by Gasteiger charge is -2.11. The highest BCUT2D eigenvalue weighted by atomic mass is 32.2. The minimum atomic E-state index is -0.851. The Morgan fingerprint density at radius 1 is 1.29 bits per heavy atom. The van der Waals surface area contributed by atoms with Crippen LogP contribution in [-0.4, -0.2) is 22.6 Å². The number of carbonyl (C=O) groups is 1. The van der Waals surface area contributed by atoms with Gasteiger partial charge in [-0.25, -0.2) is 9.78 Å². The Kier molecular flexibility index (Phi) is 4.26. The number of aryl methyl sites for hydroxylation is 1. The van der Waals surface area contributed by atoms with Gasteiger partial charge in [-0.05, 0) is 0 Å². The van der Waals surface area contributed by atoms with Crippen molar-refractivity contribution in [3.63, 3.8) is 0 Å². The summed E-state index contributed by atoms with van der Waals surface area (Å²) >= 11 is 1.25. The van der Waals surface area contributed by atoms with Gasteiger partial charge in [-0.1, -0.05) is 23.9 Å². The van der Waals surface area contributed by atoms with Crippen LogP contribution >= 0.6 is 11.8 Å². The summed E-state index contributed by atoms with van der Waals surface area (Å²) in [6.45, 7) is 0. The molecule has 0 saturated heterocycles. The summed E-state index contributed by atoms with van der Waals surface area (Å²) in [5.41, 5.74) is 0.0192. The van der Waals surface area contributed by atoms with Crippen LogP contribution in [0.2, 0.25) is 0 Å². The number of methoxy groups -OCH3 is 1. The SMILES string of the molecule is COC(=O)c1c(CSc2nccn2C)[n+]([O-])c2ccccc2[n+]1[O-]. The van der Waals surface area contributed by atoms with Crippen molar-refractivity contribution in [1.82, 2.24) is 9.55 Å². The zero-order valence-electron chi connectivity index (χ0n) is 13.0. The highest BCUT2D eigenvalue weighted by Gasteiger charge is 2.34. The van der Waals surface area contributed by atoms with Gasteiger partial charge in [0.2, 0.25) is 0 Å². The van der Waals surface area contributed by atoms with Crippen molar-refractivity contribution in [2.75, 3.05) is 7.11 Å². The van der Waals surface area contributed by atoms with E-state index >= 15 is 0 Å². The first kappa shape index (κ1) is 16.1. The third-order valence-corrected chi connectivity index (χ3v) is 4.60. The molecule has 3 aromatic rings. The molecular weight excluding hydrogens is 332 g/mol. The van der Waals surface area contributed by atoms with Gasteiger partial charge in [0.15, 0.2) is 5.16 Å². The second-order valence-corrected chi connectivity index (χ2v) is 5.92. The van der Waals surface area contributed by atoms with Gasteiger partial charge < -0.3 is 19.7 Å². The molecule has 24 heavy (non-hydrogen) atoms. The minimum absolute atomic E-state index is 0.0311. The number of hydrogen-bond acceptors (Lipinski definition) is 6. The van der Waals surface area contributed by atoms with E-state index in [0.29, 0.717) is 14.6 Å². The molecule has 0 radical (unpaired) electrons. The molecule has 0 fully saturated rings. The molecule has 0 aliphatic rings. The highest BCUT2D eigenvalue weighted by Crippen LogP contribution is 2.21. The average molecular weight is 346 g/mol. The molecular formula is C15H14N4O4S. The zero-order chi connectivity index (χ0) is 17.3. The molecule has 0 N–H and O–H groups in total. The van der Waals surface area contributed by atoms with Crippen LogP contribution in [0.5, 0.6) is 0 Å². The predicted octanol–water partition coefficient (Wildman–Crippen LogP) is 0.919. The summed E-state index contributed by atoms with van der Waals surface area (Å²) in [5, 5.41) is 25.9. The highest BCUT2D eigenvalue weighted by molar-refractivity contribution is 7.98. The van der Waals surface area contributed by atoms with Crippen molar-refractivity contribution in [3.05, 3.63) is 58.5 Å². The van der Waals surface area contributed by atoms with Crippen molar-refractivity contribution >= 4 is 28.8 Å². The van der Waals surface area contributed by atoms with Gasteiger partial charge in [0.1, 0.15) is 0 Å². The van der Waals surface area contributed by atoms with Crippen LogP contribution in [-0.2, 0) is 17.5 Å². The number of carbonyl (C=O) groups excluding carboxylic acids is 1. The minimum Gasteiger partial charge on any atom is -0.618 e. The Bertz CT molecular complexity index is 925. The van der Waals surface area contributed by atoms with E-state index in [1.165, 1.54) is 31.0 Å². The first-order chi connectivity index (χ1) is 11.5. The summed E-state index contributed by atoms with van der Waals surface area (Å²) in [6.07, 6.45) is 3.39. The van der Waals surface area contributed by atoms with Gasteiger partial charge in [-0.15, -0.1) is 4.73 Å². The predicted molar refractivity (Wildman–Crippen MR) is 86.0 cm³/mol. The molecule has 9 heteroatoms. The number of hydrogen-bond donors (Lipinski definition) is 0. The van der Waals surface area contributed by atoms with Crippen molar-refractivity contribution < 1.29 is 19.0 Å². The van der Waals surface area contributed by atoms with E-state index in [-0.39, 0.29) is 28.2 Å². The van der Waals surface area contributed by atoms with E-state index < -0.39 is 5.97 Å². The number of benzene rings is 1. The van der Waals surface area contributed by atoms with Gasteiger partial charge in [0.05, 0.1) is 12.9 Å². The van der Waals surface area contributed by atoms with Crippen LogP contribution in [0.3, 0.4) is 0 Å². The summed E-state index contributed by atoms with van der Waals surface area (Å²) < 4.78 is 7.51. The molecule has 0 atom stereocenters. The van der Waals surface area contributed by atoms with Crippen LogP contribution in [0.25, 0.3) is 11.0 Å². The number of imidazole rings is 1. The molecule has 2 heterocycles. The van der Waals surface area contributed by atoms with E-state index in [2.05, 4.69) is 9.72 Å². The first-order valence-corrected chi connectivity index (χ1v) is 7.98. The van der Waals surface area contributed by atoms with Crippen molar-refractivity contribution in [2.45, 2.75) is 10.9 Å². The number of fused-ring (bicyclic) bond motifs is 1. The fraction of sp³-hybridized carbons (Fsp3) is 0.200. The molecule has 124 valence electrons. The molecule has 0 saturated carbocycles. The number of aromatic nitrogens is 4. The van der Waals surface area contributed by atoms with E-state index in [4.69, 9.17) is 0 Å². The average Bonchev–Trinajstić information content (AvgIpc) is 3.01. The Morgan fingerprint density at radius 3 is 2.54 bits per heavy atom. The molecule has 0 aliphatic carbocycles. The van der Waals surface area contributed by atoms with Crippen molar-refractivity contribution in [2.24, 2.45) is 7.05 Å². The number of rotatable bonds is 4. The quantitative estimate of drug-likeness (QED) is 0.301. The zero-order valence-corrected chi connectivity index (χ0v) is 13.8. The second kappa shape index (κ2) is 6.36. The van der Waals surface area contributed by atoms with Crippen LogP contribution in [0.1, 0.15) is 16.2 Å². The molecule has 0 unspecified atom stereocenters. The number of ether oxygens (including phenoxy) is 1. The maximum Gasteiger partial charge on any atom is 0.411 e. The van der Waals surface area contributed by atoms with Gasteiger partial charge in [-0.2, -0.15) is 4.73 Å². The lowest BCUT2D eigenvalue weighted by Crippen LogP contribution is -2.47. The summed E-state index contributed by atoms with van der Waals surface area (Å²) in [4.78, 5) is 16.2. The van der Waals surface area contributed by atoms with Crippen LogP contribution < -0.4 is 9.46 Å².